The first-order chi connectivity index (χ1) is 18.5. The maximum Gasteiger partial charge on any atom is 0.243 e. The number of aromatic nitrogens is 2. The van der Waals surface area contributed by atoms with Crippen LogP contribution < -0.4 is 5.32 Å². The average Bonchev–Trinajstić information content (AvgIpc) is 2.93. The Morgan fingerprint density at radius 2 is 1.49 bits per heavy atom. The molecule has 0 unspecified atom stereocenters. The van der Waals surface area contributed by atoms with Crippen molar-refractivity contribution in [3.05, 3.63) is 89.7 Å². The molecule has 2 heterocycles. The number of sulfonamides is 1. The Labute approximate surface area is 232 Å². The molecule has 1 N–H and O–H groups in total. The second-order valence-corrected chi connectivity index (χ2v) is 13.2. The van der Waals surface area contributed by atoms with Crippen LogP contribution in [0.1, 0.15) is 50.7 Å². The molecule has 1 atom stereocenters. The number of nitrogens with one attached hydrogen (secondary N) is 1. The first kappa shape index (κ1) is 27.2. The number of hydrogen-bond acceptors (Lipinski definition) is 6. The fraction of sp³-hybridized carbons (Fsp3) is 0.355. The van der Waals surface area contributed by atoms with Gasteiger partial charge in [0.25, 0.3) is 0 Å². The molecule has 0 amide bonds. The van der Waals surface area contributed by atoms with Gasteiger partial charge in [0.2, 0.25) is 10.0 Å². The molecule has 204 valence electrons. The van der Waals surface area contributed by atoms with Gasteiger partial charge in [-0.3, -0.25) is 4.90 Å². The van der Waals surface area contributed by atoms with Crippen molar-refractivity contribution in [3.63, 3.8) is 0 Å². The maximum atomic E-state index is 13.4. The van der Waals surface area contributed by atoms with Gasteiger partial charge in [0.1, 0.15) is 11.6 Å². The quantitative estimate of drug-likeness (QED) is 0.319. The molecule has 1 aliphatic rings. The zero-order chi connectivity index (χ0) is 27.8. The van der Waals surface area contributed by atoms with Crippen LogP contribution >= 0.6 is 0 Å². The van der Waals surface area contributed by atoms with Gasteiger partial charge in [0, 0.05) is 37.3 Å². The third-order valence-electron chi connectivity index (χ3n) is 7.57. The smallest absolute Gasteiger partial charge is 0.243 e. The summed E-state index contributed by atoms with van der Waals surface area (Å²) in [5.74, 6) is 1.50. The van der Waals surface area contributed by atoms with E-state index < -0.39 is 10.0 Å². The number of fused-ring (bicyclic) bond motifs is 1. The average molecular weight is 544 g/mol. The summed E-state index contributed by atoms with van der Waals surface area (Å²) < 4.78 is 28.3. The van der Waals surface area contributed by atoms with Gasteiger partial charge in [-0.2, -0.15) is 4.31 Å². The molecule has 4 aromatic rings. The van der Waals surface area contributed by atoms with Gasteiger partial charge in [-0.25, -0.2) is 18.4 Å². The van der Waals surface area contributed by atoms with Crippen LogP contribution in [0.15, 0.2) is 77.7 Å². The van der Waals surface area contributed by atoms with Gasteiger partial charge in [-0.05, 0) is 60.7 Å². The Morgan fingerprint density at radius 3 is 2.15 bits per heavy atom. The molecule has 0 radical (unpaired) electrons. The lowest BCUT2D eigenvalue weighted by Gasteiger charge is -2.37. The summed E-state index contributed by atoms with van der Waals surface area (Å²) in [4.78, 5) is 12.5. The van der Waals surface area contributed by atoms with Crippen LogP contribution in [-0.4, -0.2) is 53.8 Å². The van der Waals surface area contributed by atoms with E-state index in [1.54, 1.807) is 16.4 Å². The van der Waals surface area contributed by atoms with Gasteiger partial charge in [-0.1, -0.05) is 63.2 Å². The van der Waals surface area contributed by atoms with Crippen molar-refractivity contribution in [3.8, 4) is 0 Å². The normalized spacial score (nSPS) is 16.3. The summed E-state index contributed by atoms with van der Waals surface area (Å²) in [6, 6.07) is 23.4. The number of anilines is 2. The molecule has 7 nitrogen and oxygen atoms in total. The molecule has 1 aromatic heterocycles. The second-order valence-electron chi connectivity index (χ2n) is 11.3. The summed E-state index contributed by atoms with van der Waals surface area (Å²) in [6.07, 6.45) is 0. The first-order valence-corrected chi connectivity index (χ1v) is 14.9. The van der Waals surface area contributed by atoms with Crippen LogP contribution in [0.25, 0.3) is 10.9 Å². The van der Waals surface area contributed by atoms with E-state index in [9.17, 15) is 8.42 Å². The molecule has 3 aromatic carbocycles. The minimum atomic E-state index is -3.55. The van der Waals surface area contributed by atoms with Gasteiger partial charge < -0.3 is 5.32 Å². The summed E-state index contributed by atoms with van der Waals surface area (Å²) in [6.45, 7) is 12.6. The van der Waals surface area contributed by atoms with Crippen LogP contribution in [-0.2, 0) is 15.4 Å². The number of para-hydroxylation sites is 2. The molecule has 1 aliphatic heterocycles. The van der Waals surface area contributed by atoms with Gasteiger partial charge in [-0.15, -0.1) is 0 Å². The molecular formula is C31H37N5O2S. The van der Waals surface area contributed by atoms with Gasteiger partial charge in [0.05, 0.1) is 16.5 Å². The number of aryl methyl sites for hydroxylation is 1. The monoisotopic (exact) mass is 543 g/mol. The Bertz CT molecular complexity index is 1570. The summed E-state index contributed by atoms with van der Waals surface area (Å²) in [5.41, 5.74) is 4.12. The van der Waals surface area contributed by atoms with E-state index in [2.05, 4.69) is 50.9 Å². The number of nitrogens with zero attached hydrogens (tertiary/aromatic N) is 4. The Morgan fingerprint density at radius 1 is 0.846 bits per heavy atom. The van der Waals surface area contributed by atoms with Crippen LogP contribution in [0.5, 0.6) is 0 Å². The van der Waals surface area contributed by atoms with Crippen molar-refractivity contribution in [2.24, 2.45) is 0 Å². The molecule has 0 saturated carbocycles. The van der Waals surface area contributed by atoms with Crippen molar-refractivity contribution in [2.45, 2.75) is 51.0 Å². The molecule has 0 bridgehead atoms. The molecule has 5 rings (SSSR count). The summed E-state index contributed by atoms with van der Waals surface area (Å²) >= 11 is 0. The van der Waals surface area contributed by atoms with Crippen LogP contribution in [0.4, 0.5) is 11.5 Å². The lowest BCUT2D eigenvalue weighted by Crippen LogP contribution is -2.49. The number of rotatable bonds is 6. The van der Waals surface area contributed by atoms with Crippen molar-refractivity contribution >= 4 is 32.4 Å². The zero-order valence-corrected chi connectivity index (χ0v) is 24.2. The number of piperazine rings is 1. The van der Waals surface area contributed by atoms with E-state index in [1.165, 1.54) is 0 Å². The number of benzene rings is 3. The predicted molar refractivity (Wildman–Crippen MR) is 158 cm³/mol. The number of hydrogen-bond donors (Lipinski definition) is 1. The largest absolute Gasteiger partial charge is 0.339 e. The molecule has 0 aliphatic carbocycles. The van der Waals surface area contributed by atoms with Crippen molar-refractivity contribution in [1.29, 1.82) is 0 Å². The van der Waals surface area contributed by atoms with E-state index in [-0.39, 0.29) is 11.5 Å². The highest BCUT2D eigenvalue weighted by atomic mass is 32.2. The van der Waals surface area contributed by atoms with Crippen LogP contribution in [0.2, 0.25) is 0 Å². The minimum Gasteiger partial charge on any atom is -0.339 e. The molecule has 8 heteroatoms. The highest BCUT2D eigenvalue weighted by Gasteiger charge is 2.31. The van der Waals surface area contributed by atoms with Gasteiger partial charge in [0.15, 0.2) is 0 Å². The van der Waals surface area contributed by atoms with E-state index in [0.717, 1.165) is 39.4 Å². The zero-order valence-electron chi connectivity index (χ0n) is 23.3. The summed E-state index contributed by atoms with van der Waals surface area (Å²) in [7, 11) is -3.55. The topological polar surface area (TPSA) is 78.4 Å². The maximum absolute atomic E-state index is 13.4. The Balaban J connectivity index is 1.33. The van der Waals surface area contributed by atoms with E-state index >= 15 is 0 Å². The second kappa shape index (κ2) is 10.7. The van der Waals surface area contributed by atoms with Gasteiger partial charge >= 0.3 is 0 Å². The standard InChI is InChI=1S/C31H37N5O2S/c1-22-10-6-8-12-27(22)32-30-26-11-7-9-13-28(26)33-29(34-30)23(2)35-18-20-36(21-19-35)39(37,38)25-16-14-24(15-17-25)31(3,4)5/h6-17,23H,18-21H2,1-5H3,(H,32,33,34)/t23-/m0/s1. The molecular weight excluding hydrogens is 506 g/mol. The van der Waals surface area contributed by atoms with E-state index in [1.807, 2.05) is 54.6 Å². The predicted octanol–water partition coefficient (Wildman–Crippen LogP) is 6.05. The fourth-order valence-electron chi connectivity index (χ4n) is 4.99. The minimum absolute atomic E-state index is 0.0236. The van der Waals surface area contributed by atoms with Crippen molar-refractivity contribution in [1.82, 2.24) is 19.2 Å². The Hall–Kier alpha value is -3.33. The molecule has 1 saturated heterocycles. The van der Waals surface area contributed by atoms with Crippen molar-refractivity contribution in [2.75, 3.05) is 31.5 Å². The van der Waals surface area contributed by atoms with E-state index in [0.29, 0.717) is 31.1 Å². The highest BCUT2D eigenvalue weighted by molar-refractivity contribution is 7.89. The SMILES string of the molecule is Cc1ccccc1Nc1nc([C@H](C)N2CCN(S(=O)(=O)c3ccc(C(C)(C)C)cc3)CC2)nc2ccccc12. The third kappa shape index (κ3) is 5.69. The molecule has 0 spiro atoms. The fourth-order valence-corrected chi connectivity index (χ4v) is 6.41. The van der Waals surface area contributed by atoms with Crippen LogP contribution in [0, 0.1) is 6.92 Å². The lowest BCUT2D eigenvalue weighted by molar-refractivity contribution is 0.141. The van der Waals surface area contributed by atoms with Crippen LogP contribution in [0.3, 0.4) is 0 Å². The highest BCUT2D eigenvalue weighted by Crippen LogP contribution is 2.30. The Kier molecular flexibility index (Phi) is 7.46. The molecule has 39 heavy (non-hydrogen) atoms. The first-order valence-electron chi connectivity index (χ1n) is 13.5. The summed E-state index contributed by atoms with van der Waals surface area (Å²) in [5, 5.41) is 4.48. The third-order valence-corrected chi connectivity index (χ3v) is 9.48. The van der Waals surface area contributed by atoms with Crippen molar-refractivity contribution < 1.29 is 8.42 Å². The van der Waals surface area contributed by atoms with E-state index in [4.69, 9.17) is 9.97 Å². The lowest BCUT2D eigenvalue weighted by atomic mass is 9.87. The molecule has 1 fully saturated rings.